The van der Waals surface area contributed by atoms with E-state index in [0.29, 0.717) is 16.1 Å². The fourth-order valence-electron chi connectivity index (χ4n) is 2.21. The second-order valence-corrected chi connectivity index (χ2v) is 5.99. The number of hydrogen-bond donors (Lipinski definition) is 0. The van der Waals surface area contributed by atoms with E-state index >= 15 is 0 Å². The van der Waals surface area contributed by atoms with Crippen molar-refractivity contribution < 1.29 is 4.79 Å². The number of nitriles is 1. The summed E-state index contributed by atoms with van der Waals surface area (Å²) in [6.45, 7) is 5.66. The Morgan fingerprint density at radius 1 is 1.33 bits per heavy atom. The van der Waals surface area contributed by atoms with Gasteiger partial charge in [-0.3, -0.25) is 4.79 Å². The maximum Gasteiger partial charge on any atom is 0.257 e. The lowest BCUT2D eigenvalue weighted by Crippen LogP contribution is -2.43. The van der Waals surface area contributed by atoms with E-state index in [1.165, 1.54) is 0 Å². The molecule has 1 aliphatic heterocycles. The average molecular weight is 283 g/mol. The van der Waals surface area contributed by atoms with Crippen LogP contribution in [0.2, 0.25) is 10.0 Å². The molecule has 2 rings (SSSR count). The van der Waals surface area contributed by atoms with Crippen LogP contribution >= 0.6 is 23.2 Å². The molecule has 1 aromatic rings. The van der Waals surface area contributed by atoms with Crippen molar-refractivity contribution in [3.05, 3.63) is 33.3 Å². The number of halogens is 2. The number of amides is 1. The third-order valence-electron chi connectivity index (χ3n) is 2.96. The van der Waals surface area contributed by atoms with Gasteiger partial charge in [0.2, 0.25) is 0 Å². The van der Waals surface area contributed by atoms with Crippen LogP contribution in [0, 0.1) is 11.3 Å². The number of carbonyl (C=O) groups is 1. The Bertz CT molecular complexity index is 570. The Morgan fingerprint density at radius 3 is 2.44 bits per heavy atom. The second-order valence-electron chi connectivity index (χ2n) is 5.20. The van der Waals surface area contributed by atoms with Crippen LogP contribution in [0.5, 0.6) is 0 Å². The van der Waals surface area contributed by atoms with Crippen LogP contribution in [0.15, 0.2) is 12.1 Å². The summed E-state index contributed by atoms with van der Waals surface area (Å²) >= 11 is 12.0. The highest BCUT2D eigenvalue weighted by molar-refractivity contribution is 6.44. The van der Waals surface area contributed by atoms with Crippen LogP contribution in [0.3, 0.4) is 0 Å². The molecule has 1 amide bonds. The predicted molar refractivity (Wildman–Crippen MR) is 70.7 cm³/mol. The third-order valence-corrected chi connectivity index (χ3v) is 3.76. The maximum absolute atomic E-state index is 12.4. The molecule has 0 bridgehead atoms. The van der Waals surface area contributed by atoms with Crippen LogP contribution in [0.25, 0.3) is 0 Å². The third kappa shape index (κ3) is 1.77. The minimum atomic E-state index is -0.609. The molecule has 0 fully saturated rings. The van der Waals surface area contributed by atoms with E-state index in [1.807, 2.05) is 20.8 Å². The molecule has 0 spiro atoms. The molecule has 0 saturated heterocycles. The van der Waals surface area contributed by atoms with Gasteiger partial charge in [-0.2, -0.15) is 5.26 Å². The first-order valence-corrected chi connectivity index (χ1v) is 6.26. The predicted octanol–water partition coefficient (Wildman–Crippen LogP) is 3.81. The van der Waals surface area contributed by atoms with Crippen molar-refractivity contribution in [2.75, 3.05) is 0 Å². The van der Waals surface area contributed by atoms with Crippen molar-refractivity contribution in [2.24, 2.45) is 0 Å². The summed E-state index contributed by atoms with van der Waals surface area (Å²) in [5.74, 6) is -0.239. The van der Waals surface area contributed by atoms with E-state index in [-0.39, 0.29) is 10.9 Å². The number of benzene rings is 1. The molecule has 1 unspecified atom stereocenters. The van der Waals surface area contributed by atoms with Crippen molar-refractivity contribution in [3.63, 3.8) is 0 Å². The van der Waals surface area contributed by atoms with Crippen LogP contribution in [-0.2, 0) is 0 Å². The summed E-state index contributed by atoms with van der Waals surface area (Å²) in [4.78, 5) is 14.0. The van der Waals surface area contributed by atoms with Crippen molar-refractivity contribution in [3.8, 4) is 6.07 Å². The Balaban J connectivity index is 2.68. The van der Waals surface area contributed by atoms with Crippen molar-refractivity contribution >= 4 is 29.1 Å². The van der Waals surface area contributed by atoms with E-state index in [4.69, 9.17) is 23.2 Å². The van der Waals surface area contributed by atoms with Crippen LogP contribution in [0.1, 0.15) is 42.7 Å². The highest BCUT2D eigenvalue weighted by Gasteiger charge is 2.44. The molecule has 5 heteroatoms. The first-order chi connectivity index (χ1) is 8.29. The number of hydrogen-bond acceptors (Lipinski definition) is 2. The lowest BCUT2D eigenvalue weighted by atomic mass is 10.0. The molecule has 0 aliphatic carbocycles. The molecule has 1 aliphatic rings. The van der Waals surface area contributed by atoms with Gasteiger partial charge in [0.1, 0.15) is 6.04 Å². The summed E-state index contributed by atoms with van der Waals surface area (Å²) in [6.07, 6.45) is 0. The molecule has 0 N–H and O–H groups in total. The monoisotopic (exact) mass is 282 g/mol. The van der Waals surface area contributed by atoms with E-state index in [0.717, 1.165) is 0 Å². The number of carbonyl (C=O) groups excluding carboxylic acids is 1. The van der Waals surface area contributed by atoms with Gasteiger partial charge in [0, 0.05) is 11.1 Å². The molecule has 0 radical (unpaired) electrons. The zero-order chi connectivity index (χ0) is 13.7. The Kier molecular flexibility index (Phi) is 3.04. The molecular formula is C13H12Cl2N2O. The van der Waals surface area contributed by atoms with Gasteiger partial charge in [-0.15, -0.1) is 0 Å². The minimum absolute atomic E-state index is 0.228. The topological polar surface area (TPSA) is 44.1 Å². The van der Waals surface area contributed by atoms with Crippen molar-refractivity contribution in [1.82, 2.24) is 4.90 Å². The van der Waals surface area contributed by atoms with Gasteiger partial charge >= 0.3 is 0 Å². The fourth-order valence-corrected chi connectivity index (χ4v) is 2.62. The molecule has 1 heterocycles. The van der Waals surface area contributed by atoms with Gasteiger partial charge in [-0.1, -0.05) is 29.3 Å². The Labute approximate surface area is 116 Å². The highest BCUT2D eigenvalue weighted by atomic mass is 35.5. The van der Waals surface area contributed by atoms with Crippen LogP contribution < -0.4 is 0 Å². The van der Waals surface area contributed by atoms with Gasteiger partial charge in [0.25, 0.3) is 5.91 Å². The molecule has 0 saturated carbocycles. The van der Waals surface area contributed by atoms with Gasteiger partial charge < -0.3 is 4.90 Å². The molecule has 94 valence electrons. The standard InChI is InChI=1S/C13H12Cl2N2O/c1-13(2,3)17-9(6-16)7-4-5-8(14)11(15)10(7)12(17)18/h4-5,9H,1-3H3. The Hall–Kier alpha value is -1.24. The van der Waals surface area contributed by atoms with Crippen LogP contribution in [0.4, 0.5) is 0 Å². The first-order valence-electron chi connectivity index (χ1n) is 5.50. The summed E-state index contributed by atoms with van der Waals surface area (Å²) < 4.78 is 0. The highest BCUT2D eigenvalue weighted by Crippen LogP contribution is 2.43. The van der Waals surface area contributed by atoms with E-state index in [2.05, 4.69) is 6.07 Å². The number of nitrogens with zero attached hydrogens (tertiary/aromatic N) is 2. The van der Waals surface area contributed by atoms with Gasteiger partial charge in [0.05, 0.1) is 21.7 Å². The quantitative estimate of drug-likeness (QED) is 0.726. The maximum atomic E-state index is 12.4. The molecule has 18 heavy (non-hydrogen) atoms. The minimum Gasteiger partial charge on any atom is -0.314 e. The summed E-state index contributed by atoms with van der Waals surface area (Å²) in [5.41, 5.74) is 0.532. The SMILES string of the molecule is CC(C)(C)N1C(=O)c2c(ccc(Cl)c2Cl)C1C#N. The second kappa shape index (κ2) is 4.15. The average Bonchev–Trinajstić information content (AvgIpc) is 2.56. The van der Waals surface area contributed by atoms with Gasteiger partial charge in [-0.25, -0.2) is 0 Å². The van der Waals surface area contributed by atoms with E-state index < -0.39 is 11.6 Å². The van der Waals surface area contributed by atoms with E-state index in [9.17, 15) is 10.1 Å². The molecule has 1 atom stereocenters. The smallest absolute Gasteiger partial charge is 0.257 e. The van der Waals surface area contributed by atoms with Crippen molar-refractivity contribution in [2.45, 2.75) is 32.4 Å². The lowest BCUT2D eigenvalue weighted by Gasteiger charge is -2.34. The van der Waals surface area contributed by atoms with Crippen molar-refractivity contribution in [1.29, 1.82) is 5.26 Å². The zero-order valence-corrected chi connectivity index (χ0v) is 11.8. The molecule has 1 aromatic carbocycles. The zero-order valence-electron chi connectivity index (χ0n) is 10.3. The lowest BCUT2D eigenvalue weighted by molar-refractivity contribution is 0.0568. The largest absolute Gasteiger partial charge is 0.314 e. The van der Waals surface area contributed by atoms with E-state index in [1.54, 1.807) is 17.0 Å². The number of rotatable bonds is 0. The summed E-state index contributed by atoms with van der Waals surface area (Å²) in [7, 11) is 0. The van der Waals surface area contributed by atoms with Crippen LogP contribution in [-0.4, -0.2) is 16.3 Å². The Morgan fingerprint density at radius 2 is 1.94 bits per heavy atom. The molecule has 3 nitrogen and oxygen atoms in total. The normalized spacial score (nSPS) is 18.8. The summed E-state index contributed by atoms with van der Waals surface area (Å²) in [6, 6.07) is 4.86. The summed E-state index contributed by atoms with van der Waals surface area (Å²) in [5, 5.41) is 9.86. The number of fused-ring (bicyclic) bond motifs is 1. The first kappa shape index (κ1) is 13.2. The molecule has 0 aromatic heterocycles. The molecular weight excluding hydrogens is 271 g/mol. The fraction of sp³-hybridized carbons (Fsp3) is 0.385. The van der Waals surface area contributed by atoms with Gasteiger partial charge in [-0.05, 0) is 26.8 Å². The van der Waals surface area contributed by atoms with Gasteiger partial charge in [0.15, 0.2) is 0 Å².